The summed E-state index contributed by atoms with van der Waals surface area (Å²) in [6, 6.07) is 4.73. The second-order valence-electron chi connectivity index (χ2n) is 7.51. The number of rotatable bonds is 1. The van der Waals surface area contributed by atoms with Crippen molar-refractivity contribution in [2.45, 2.75) is 43.2 Å². The molecule has 2 aliphatic carbocycles. The van der Waals surface area contributed by atoms with Crippen LogP contribution in [0.5, 0.6) is 11.5 Å². The predicted octanol–water partition coefficient (Wildman–Crippen LogP) is 1.61. The Labute approximate surface area is 154 Å². The topological polar surface area (TPSA) is 96.3 Å². The van der Waals surface area contributed by atoms with Crippen LogP contribution in [0, 0.1) is 5.92 Å². The fourth-order valence-electron chi connectivity index (χ4n) is 5.67. The second-order valence-corrected chi connectivity index (χ2v) is 7.98. The number of piperidine rings is 1. The molecule has 8 heteroatoms. The summed E-state index contributed by atoms with van der Waals surface area (Å²) in [5.41, 5.74) is 2.57. The summed E-state index contributed by atoms with van der Waals surface area (Å²) >= 11 is -2.61. The van der Waals surface area contributed by atoms with E-state index in [0.717, 1.165) is 37.3 Å². The average Bonchev–Trinajstić information content (AvgIpc) is 2.94. The number of hydrogen-bond acceptors (Lipinski definition) is 5. The quantitative estimate of drug-likeness (QED) is 0.714. The summed E-state index contributed by atoms with van der Waals surface area (Å²) in [6.45, 7) is 1.05. The third kappa shape index (κ3) is 2.36. The molecule has 4 atom stereocenters. The molecule has 2 aliphatic heterocycles. The molecule has 5 rings (SSSR count). The number of methoxy groups -OCH3 is 1. The number of likely N-dealkylation sites (N-methyl/N-ethyl adjacent to an activating group) is 1. The van der Waals surface area contributed by atoms with Crippen molar-refractivity contribution < 1.29 is 27.6 Å². The van der Waals surface area contributed by atoms with Crippen molar-refractivity contribution in [3.05, 3.63) is 23.3 Å². The zero-order chi connectivity index (χ0) is 18.6. The smallest absolute Gasteiger partial charge is 0.299 e. The average molecular weight is 381 g/mol. The van der Waals surface area contributed by atoms with Crippen LogP contribution in [-0.4, -0.2) is 56.8 Å². The van der Waals surface area contributed by atoms with Crippen molar-refractivity contribution in [2.75, 3.05) is 20.7 Å². The number of carbonyl (C=O) groups is 1. The molecule has 1 saturated heterocycles. The Balaban J connectivity index is 0.000000385. The normalized spacial score (nSPS) is 33.9. The molecule has 26 heavy (non-hydrogen) atoms. The molecule has 0 amide bonds. The van der Waals surface area contributed by atoms with Gasteiger partial charge in [-0.3, -0.25) is 13.9 Å². The highest BCUT2D eigenvalue weighted by Crippen LogP contribution is 2.62. The van der Waals surface area contributed by atoms with E-state index in [1.54, 1.807) is 7.11 Å². The molecule has 1 aromatic carbocycles. The molecule has 7 nitrogen and oxygen atoms in total. The van der Waals surface area contributed by atoms with Gasteiger partial charge in [0, 0.05) is 23.4 Å². The Hall–Kier alpha value is -1.48. The van der Waals surface area contributed by atoms with Crippen LogP contribution < -0.4 is 9.47 Å². The van der Waals surface area contributed by atoms with Crippen LogP contribution in [0.2, 0.25) is 0 Å². The maximum absolute atomic E-state index is 12.6. The minimum atomic E-state index is -2.61. The number of Topliss-reactive ketones (excluding diaryl/α,β-unsaturated/α-hetero) is 1. The molecule has 2 bridgehead atoms. The Morgan fingerprint density at radius 2 is 2.12 bits per heavy atom. The molecule has 1 saturated carbocycles. The third-order valence-corrected chi connectivity index (χ3v) is 6.59. The Morgan fingerprint density at radius 1 is 1.38 bits per heavy atom. The van der Waals surface area contributed by atoms with Gasteiger partial charge in [0.15, 0.2) is 23.4 Å². The maximum Gasteiger partial charge on any atom is 0.299 e. The summed E-state index contributed by atoms with van der Waals surface area (Å²) in [7, 11) is 3.91. The van der Waals surface area contributed by atoms with Gasteiger partial charge >= 0.3 is 0 Å². The first kappa shape index (κ1) is 17.9. The predicted molar refractivity (Wildman–Crippen MR) is 95.0 cm³/mol. The first-order valence-corrected chi connectivity index (χ1v) is 9.86. The van der Waals surface area contributed by atoms with Crippen LogP contribution >= 0.6 is 0 Å². The van der Waals surface area contributed by atoms with Gasteiger partial charge in [0.1, 0.15) is 0 Å². The molecule has 2 heterocycles. The van der Waals surface area contributed by atoms with Crippen molar-refractivity contribution in [1.82, 2.24) is 4.90 Å². The summed E-state index contributed by atoms with van der Waals surface area (Å²) in [6.07, 6.45) is 3.47. The van der Waals surface area contributed by atoms with Crippen molar-refractivity contribution in [1.29, 1.82) is 0 Å². The highest BCUT2D eigenvalue weighted by molar-refractivity contribution is 7.73. The summed E-state index contributed by atoms with van der Waals surface area (Å²) in [4.78, 5) is 15.1. The maximum atomic E-state index is 12.6. The molecule has 0 unspecified atom stereocenters. The number of carbonyl (C=O) groups excluding carboxylic acids is 1. The molecule has 2 N–H and O–H groups in total. The molecule has 1 spiro atoms. The van der Waals surface area contributed by atoms with Gasteiger partial charge in [0.2, 0.25) is 0 Å². The zero-order valence-corrected chi connectivity index (χ0v) is 15.6. The van der Waals surface area contributed by atoms with Gasteiger partial charge in [0.25, 0.3) is 11.4 Å². The molecule has 0 aromatic heterocycles. The van der Waals surface area contributed by atoms with Crippen LogP contribution in [0.4, 0.5) is 0 Å². The standard InChI is InChI=1S/C18H21NO3.H2O3S/c1-19-8-7-18-11-4-5-13(20)17(18)22-16-14(21-2)6-3-10(15(16)18)9-12(11)19;1-4(2)3/h3,6,11-12,17H,4-5,7-9H2,1-2H3;(H2,1,2,3)/t11-,12+,17-,18-;/m0./s1. The number of nitrogens with zero attached hydrogens (tertiary/aromatic N) is 1. The lowest BCUT2D eigenvalue weighted by atomic mass is 9.52. The van der Waals surface area contributed by atoms with E-state index < -0.39 is 11.4 Å². The van der Waals surface area contributed by atoms with Crippen molar-refractivity contribution in [2.24, 2.45) is 5.92 Å². The van der Waals surface area contributed by atoms with E-state index in [-0.39, 0.29) is 17.3 Å². The van der Waals surface area contributed by atoms with Crippen LogP contribution in [0.3, 0.4) is 0 Å². The van der Waals surface area contributed by atoms with Crippen molar-refractivity contribution in [3.63, 3.8) is 0 Å². The fourth-order valence-corrected chi connectivity index (χ4v) is 5.67. The lowest BCUT2D eigenvalue weighted by molar-refractivity contribution is -0.138. The number of benzene rings is 1. The van der Waals surface area contributed by atoms with Crippen molar-refractivity contribution >= 4 is 17.1 Å². The van der Waals surface area contributed by atoms with E-state index in [9.17, 15) is 4.79 Å². The highest BCUT2D eigenvalue weighted by Gasteiger charge is 2.65. The molecule has 1 aromatic rings. The summed E-state index contributed by atoms with van der Waals surface area (Å²) in [5.74, 6) is 2.46. The van der Waals surface area contributed by atoms with E-state index in [1.165, 1.54) is 11.1 Å². The number of hydrogen-bond donors (Lipinski definition) is 2. The monoisotopic (exact) mass is 381 g/mol. The van der Waals surface area contributed by atoms with E-state index in [2.05, 4.69) is 18.0 Å². The molecule has 142 valence electrons. The largest absolute Gasteiger partial charge is 0.493 e. The van der Waals surface area contributed by atoms with Crippen LogP contribution in [0.25, 0.3) is 0 Å². The summed E-state index contributed by atoms with van der Waals surface area (Å²) < 4.78 is 34.6. The number of likely N-dealkylation sites (tertiary alicyclic amines) is 1. The fraction of sp³-hybridized carbons (Fsp3) is 0.611. The lowest BCUT2D eigenvalue weighted by Gasteiger charge is -2.57. The SMILES string of the molecule is COc1ccc2c3c1O[C@H]1C(=O)CC[C@H]4[C@@H](C2)N(C)CC[C@]314.O=S(O)O. The number of ketones is 1. The van der Waals surface area contributed by atoms with E-state index in [1.807, 2.05) is 6.07 Å². The zero-order valence-electron chi connectivity index (χ0n) is 14.8. The minimum absolute atomic E-state index is 0.0933. The van der Waals surface area contributed by atoms with Gasteiger partial charge in [-0.15, -0.1) is 0 Å². The van der Waals surface area contributed by atoms with Gasteiger partial charge in [-0.1, -0.05) is 6.07 Å². The Kier molecular flexibility index (Phi) is 4.34. The van der Waals surface area contributed by atoms with Gasteiger partial charge in [0.05, 0.1) is 7.11 Å². The number of ether oxygens (including phenoxy) is 2. The van der Waals surface area contributed by atoms with Crippen LogP contribution in [0.15, 0.2) is 12.1 Å². The molecular weight excluding hydrogens is 358 g/mol. The van der Waals surface area contributed by atoms with Gasteiger partial charge in [-0.25, -0.2) is 0 Å². The molecule has 0 radical (unpaired) electrons. The Bertz CT molecular complexity index is 779. The van der Waals surface area contributed by atoms with Crippen molar-refractivity contribution in [3.8, 4) is 11.5 Å². The van der Waals surface area contributed by atoms with Crippen LogP contribution in [-0.2, 0) is 28.0 Å². The van der Waals surface area contributed by atoms with E-state index in [0.29, 0.717) is 18.4 Å². The minimum Gasteiger partial charge on any atom is -0.493 e. The Morgan fingerprint density at radius 3 is 2.81 bits per heavy atom. The third-order valence-electron chi connectivity index (χ3n) is 6.59. The van der Waals surface area contributed by atoms with E-state index >= 15 is 0 Å². The molecule has 2 fully saturated rings. The molecular formula is C18H23NO6S. The first-order valence-electron chi connectivity index (χ1n) is 8.80. The summed E-state index contributed by atoms with van der Waals surface area (Å²) in [5, 5.41) is 0. The molecule has 4 aliphatic rings. The van der Waals surface area contributed by atoms with Gasteiger partial charge in [-0.2, -0.15) is 4.21 Å². The second kappa shape index (κ2) is 6.30. The van der Waals surface area contributed by atoms with Gasteiger partial charge < -0.3 is 14.4 Å². The van der Waals surface area contributed by atoms with Crippen LogP contribution in [0.1, 0.15) is 30.4 Å². The lowest BCUT2D eigenvalue weighted by Crippen LogP contribution is -2.65. The van der Waals surface area contributed by atoms with E-state index in [4.69, 9.17) is 22.8 Å². The first-order chi connectivity index (χ1) is 12.4. The van der Waals surface area contributed by atoms with Gasteiger partial charge in [-0.05, 0) is 50.4 Å². The highest BCUT2D eigenvalue weighted by atomic mass is 32.2.